The van der Waals surface area contributed by atoms with Crippen molar-refractivity contribution in [2.45, 2.75) is 4.90 Å². The second-order valence-electron chi connectivity index (χ2n) is 3.36. The Hall–Kier alpha value is -1.36. The van der Waals surface area contributed by atoms with Gasteiger partial charge in [-0.1, -0.05) is 18.2 Å². The molecule has 4 nitrogen and oxygen atoms in total. The highest BCUT2D eigenvalue weighted by Crippen LogP contribution is 2.10. The van der Waals surface area contributed by atoms with Crippen LogP contribution in [0, 0.1) is 0 Å². The molecule has 5 heteroatoms. The summed E-state index contributed by atoms with van der Waals surface area (Å²) in [7, 11) is -0.435. The third-order valence-corrected chi connectivity index (χ3v) is 3.53. The van der Waals surface area contributed by atoms with Gasteiger partial charge in [-0.2, -0.15) is 0 Å². The van der Waals surface area contributed by atoms with Crippen molar-refractivity contribution in [3.63, 3.8) is 0 Å². The van der Waals surface area contributed by atoms with E-state index in [0.29, 0.717) is 0 Å². The number of amides is 1. The third kappa shape index (κ3) is 3.06. The molecule has 0 saturated heterocycles. The monoisotopic (exact) mass is 227 g/mol. The fourth-order valence-electron chi connectivity index (χ4n) is 1.00. The van der Waals surface area contributed by atoms with Crippen LogP contribution in [0.2, 0.25) is 0 Å². The maximum Gasteiger partial charge on any atom is 0.237 e. The van der Waals surface area contributed by atoms with Crippen molar-refractivity contribution in [3.8, 4) is 0 Å². The van der Waals surface area contributed by atoms with E-state index in [1.165, 1.54) is 31.1 Å². The number of carbonyl (C=O) groups excluding carboxylic acids is 1. The molecule has 0 spiro atoms. The summed E-state index contributed by atoms with van der Waals surface area (Å²) in [5.41, 5.74) is 0. The van der Waals surface area contributed by atoms with Crippen molar-refractivity contribution >= 4 is 15.7 Å². The van der Waals surface area contributed by atoms with E-state index in [1.807, 2.05) is 0 Å². The first-order valence-electron chi connectivity index (χ1n) is 4.41. The molecule has 1 aromatic rings. The summed E-state index contributed by atoms with van der Waals surface area (Å²) < 4.78 is 23.4. The molecular weight excluding hydrogens is 214 g/mol. The normalized spacial score (nSPS) is 11.1. The zero-order chi connectivity index (χ0) is 11.5. The van der Waals surface area contributed by atoms with E-state index in [2.05, 4.69) is 0 Å². The molecule has 0 aliphatic carbocycles. The second-order valence-corrected chi connectivity index (χ2v) is 5.35. The molecule has 0 aliphatic heterocycles. The quantitative estimate of drug-likeness (QED) is 0.757. The molecule has 0 heterocycles. The van der Waals surface area contributed by atoms with Crippen LogP contribution in [0.25, 0.3) is 0 Å². The lowest BCUT2D eigenvalue weighted by molar-refractivity contribution is -0.125. The average molecular weight is 227 g/mol. The van der Waals surface area contributed by atoms with Crippen LogP contribution in [-0.4, -0.2) is 39.1 Å². The Bertz CT molecular complexity index is 437. The van der Waals surface area contributed by atoms with Gasteiger partial charge >= 0.3 is 0 Å². The summed E-state index contributed by atoms with van der Waals surface area (Å²) in [6, 6.07) is 7.96. The SMILES string of the molecule is CN(C)C(=O)CS(=O)(=O)c1ccccc1. The van der Waals surface area contributed by atoms with Gasteiger partial charge in [-0.05, 0) is 12.1 Å². The number of nitrogens with zero attached hydrogens (tertiary/aromatic N) is 1. The molecule has 0 atom stereocenters. The third-order valence-electron chi connectivity index (χ3n) is 1.91. The lowest BCUT2D eigenvalue weighted by Gasteiger charge is -2.10. The minimum Gasteiger partial charge on any atom is -0.348 e. The molecule has 0 N–H and O–H groups in total. The molecule has 82 valence electrons. The summed E-state index contributed by atoms with van der Waals surface area (Å²) in [5, 5.41) is 0. The van der Waals surface area contributed by atoms with Crippen LogP contribution >= 0.6 is 0 Å². The molecule has 0 aliphatic rings. The average Bonchev–Trinajstić information content (AvgIpc) is 2.18. The van der Waals surface area contributed by atoms with Crippen LogP contribution in [0.3, 0.4) is 0 Å². The minimum absolute atomic E-state index is 0.181. The van der Waals surface area contributed by atoms with Crippen molar-refractivity contribution < 1.29 is 13.2 Å². The summed E-state index contributed by atoms with van der Waals surface area (Å²) in [4.78, 5) is 12.7. The number of carbonyl (C=O) groups is 1. The Morgan fingerprint density at radius 2 is 1.73 bits per heavy atom. The predicted octanol–water partition coefficient (Wildman–Crippen LogP) is 0.548. The highest BCUT2D eigenvalue weighted by Gasteiger charge is 2.19. The fourth-order valence-corrected chi connectivity index (χ4v) is 2.32. The van der Waals surface area contributed by atoms with E-state index in [0.717, 1.165) is 0 Å². The number of rotatable bonds is 3. The highest BCUT2D eigenvalue weighted by atomic mass is 32.2. The predicted molar refractivity (Wildman–Crippen MR) is 57.2 cm³/mol. The summed E-state index contributed by atoms with van der Waals surface area (Å²) in [6.07, 6.45) is 0. The second kappa shape index (κ2) is 4.44. The van der Waals surface area contributed by atoms with Gasteiger partial charge in [0, 0.05) is 14.1 Å². The first-order chi connectivity index (χ1) is 6.93. The van der Waals surface area contributed by atoms with Gasteiger partial charge in [0.1, 0.15) is 5.75 Å². The molecule has 1 aromatic carbocycles. The maximum atomic E-state index is 11.7. The lowest BCUT2D eigenvalue weighted by atomic mass is 10.4. The van der Waals surface area contributed by atoms with Gasteiger partial charge in [-0.3, -0.25) is 4.79 Å². The van der Waals surface area contributed by atoms with Gasteiger partial charge in [0.05, 0.1) is 4.90 Å². The topological polar surface area (TPSA) is 54.5 Å². The van der Waals surface area contributed by atoms with E-state index in [9.17, 15) is 13.2 Å². The van der Waals surface area contributed by atoms with Gasteiger partial charge in [0.25, 0.3) is 0 Å². The van der Waals surface area contributed by atoms with E-state index >= 15 is 0 Å². The first kappa shape index (κ1) is 11.7. The van der Waals surface area contributed by atoms with Gasteiger partial charge < -0.3 is 4.90 Å². The van der Waals surface area contributed by atoms with Crippen molar-refractivity contribution in [2.75, 3.05) is 19.8 Å². The summed E-state index contributed by atoms with van der Waals surface area (Å²) in [6.45, 7) is 0. The number of hydrogen-bond donors (Lipinski definition) is 0. The Labute approximate surface area is 89.4 Å². The molecule has 15 heavy (non-hydrogen) atoms. The Kier molecular flexibility index (Phi) is 3.47. The minimum atomic E-state index is -3.50. The van der Waals surface area contributed by atoms with Gasteiger partial charge in [0.2, 0.25) is 5.91 Å². The molecule has 0 saturated carbocycles. The number of benzene rings is 1. The van der Waals surface area contributed by atoms with Crippen LogP contribution in [0.4, 0.5) is 0 Å². The van der Waals surface area contributed by atoms with Crippen LogP contribution < -0.4 is 0 Å². The first-order valence-corrected chi connectivity index (χ1v) is 6.06. The maximum absolute atomic E-state index is 11.7. The van der Waals surface area contributed by atoms with Crippen molar-refractivity contribution in [1.29, 1.82) is 0 Å². The Balaban J connectivity index is 2.91. The Morgan fingerprint density at radius 1 is 1.20 bits per heavy atom. The van der Waals surface area contributed by atoms with Crippen LogP contribution in [0.15, 0.2) is 35.2 Å². The summed E-state index contributed by atoms with van der Waals surface area (Å²) >= 11 is 0. The fraction of sp³-hybridized carbons (Fsp3) is 0.300. The molecule has 1 rings (SSSR count). The largest absolute Gasteiger partial charge is 0.348 e. The Morgan fingerprint density at radius 3 is 2.20 bits per heavy atom. The van der Waals surface area contributed by atoms with Crippen LogP contribution in [-0.2, 0) is 14.6 Å². The molecule has 0 fully saturated rings. The molecule has 0 unspecified atom stereocenters. The van der Waals surface area contributed by atoms with E-state index in [1.54, 1.807) is 18.2 Å². The van der Waals surface area contributed by atoms with Crippen molar-refractivity contribution in [2.24, 2.45) is 0 Å². The van der Waals surface area contributed by atoms with Crippen molar-refractivity contribution in [1.82, 2.24) is 4.90 Å². The van der Waals surface area contributed by atoms with E-state index in [-0.39, 0.29) is 4.90 Å². The smallest absolute Gasteiger partial charge is 0.237 e. The van der Waals surface area contributed by atoms with Gasteiger partial charge in [-0.15, -0.1) is 0 Å². The van der Waals surface area contributed by atoms with E-state index < -0.39 is 21.5 Å². The molecule has 0 aromatic heterocycles. The molecule has 0 radical (unpaired) electrons. The van der Waals surface area contributed by atoms with Crippen molar-refractivity contribution in [3.05, 3.63) is 30.3 Å². The standard InChI is InChI=1S/C10H13NO3S/c1-11(2)10(12)8-15(13,14)9-6-4-3-5-7-9/h3-7H,8H2,1-2H3. The van der Waals surface area contributed by atoms with Crippen LogP contribution in [0.5, 0.6) is 0 Å². The number of hydrogen-bond acceptors (Lipinski definition) is 3. The van der Waals surface area contributed by atoms with E-state index in [4.69, 9.17) is 0 Å². The lowest BCUT2D eigenvalue weighted by Crippen LogP contribution is -2.29. The zero-order valence-electron chi connectivity index (χ0n) is 8.67. The summed E-state index contributed by atoms with van der Waals surface area (Å²) in [5.74, 6) is -0.900. The number of sulfone groups is 1. The van der Waals surface area contributed by atoms with Gasteiger partial charge in [0.15, 0.2) is 9.84 Å². The molecule has 1 amide bonds. The zero-order valence-corrected chi connectivity index (χ0v) is 9.49. The van der Waals surface area contributed by atoms with Crippen LogP contribution in [0.1, 0.15) is 0 Å². The van der Waals surface area contributed by atoms with Gasteiger partial charge in [-0.25, -0.2) is 8.42 Å². The molecule has 0 bridgehead atoms. The highest BCUT2D eigenvalue weighted by molar-refractivity contribution is 7.92. The molecular formula is C10H13NO3S.